The number of rotatable bonds is 4. The number of carbonyl (C=O) groups excluding carboxylic acids is 2. The van der Waals surface area contributed by atoms with Crippen molar-refractivity contribution < 1.29 is 9.59 Å². The Kier molecular flexibility index (Phi) is 5.82. The highest BCUT2D eigenvalue weighted by atomic mass is 35.5. The van der Waals surface area contributed by atoms with E-state index >= 15 is 0 Å². The lowest BCUT2D eigenvalue weighted by atomic mass is 10.1. The standard InChI is InChI=1S/C20H19Cl2N3O2/c1-12-3-6-17(7-13(12)2)25-11-15(8-19(25)26)20(27)24-23-10-14-4-5-16(21)9-18(14)22/h3-7,9-10,15H,8,11H2,1-2H3,(H,24,27)/b23-10-/t15-/m1/s1. The molecule has 0 spiro atoms. The van der Waals surface area contributed by atoms with E-state index in [2.05, 4.69) is 10.5 Å². The van der Waals surface area contributed by atoms with E-state index in [0.29, 0.717) is 22.2 Å². The monoisotopic (exact) mass is 403 g/mol. The molecule has 0 aliphatic carbocycles. The third-order valence-electron chi connectivity index (χ3n) is 4.64. The third-order valence-corrected chi connectivity index (χ3v) is 5.20. The molecule has 7 heteroatoms. The minimum absolute atomic E-state index is 0.0665. The van der Waals surface area contributed by atoms with Gasteiger partial charge in [-0.3, -0.25) is 9.59 Å². The van der Waals surface area contributed by atoms with Crippen molar-refractivity contribution in [3.8, 4) is 0 Å². The van der Waals surface area contributed by atoms with Gasteiger partial charge in [0.15, 0.2) is 0 Å². The summed E-state index contributed by atoms with van der Waals surface area (Å²) in [6.07, 6.45) is 1.62. The largest absolute Gasteiger partial charge is 0.312 e. The molecule has 1 heterocycles. The van der Waals surface area contributed by atoms with Gasteiger partial charge in [0.2, 0.25) is 11.8 Å². The van der Waals surface area contributed by atoms with Crippen LogP contribution in [0, 0.1) is 19.8 Å². The van der Waals surface area contributed by atoms with E-state index < -0.39 is 5.92 Å². The first-order chi connectivity index (χ1) is 12.8. The highest BCUT2D eigenvalue weighted by Gasteiger charge is 2.35. The van der Waals surface area contributed by atoms with Gasteiger partial charge in [-0.15, -0.1) is 0 Å². The molecule has 0 aromatic heterocycles. The third kappa shape index (κ3) is 4.49. The Hall–Kier alpha value is -2.37. The molecule has 0 unspecified atom stereocenters. The molecule has 0 radical (unpaired) electrons. The SMILES string of the molecule is Cc1ccc(N2C[C@H](C(=O)N/N=C\c3ccc(Cl)cc3Cl)CC2=O)cc1C. The summed E-state index contributed by atoms with van der Waals surface area (Å²) in [6, 6.07) is 10.8. The lowest BCUT2D eigenvalue weighted by Gasteiger charge is -2.17. The van der Waals surface area contributed by atoms with E-state index in [9.17, 15) is 9.59 Å². The fraction of sp³-hybridized carbons (Fsp3) is 0.250. The lowest BCUT2D eigenvalue weighted by molar-refractivity contribution is -0.126. The molecule has 0 saturated carbocycles. The zero-order valence-electron chi connectivity index (χ0n) is 15.0. The van der Waals surface area contributed by atoms with Crippen LogP contribution in [0.2, 0.25) is 10.0 Å². The maximum absolute atomic E-state index is 12.4. The number of aryl methyl sites for hydroxylation is 2. The van der Waals surface area contributed by atoms with Gasteiger partial charge in [-0.05, 0) is 49.2 Å². The van der Waals surface area contributed by atoms with Crippen LogP contribution < -0.4 is 10.3 Å². The Balaban J connectivity index is 1.63. The van der Waals surface area contributed by atoms with Crippen LogP contribution >= 0.6 is 23.2 Å². The van der Waals surface area contributed by atoms with Gasteiger partial charge in [-0.25, -0.2) is 5.43 Å². The highest BCUT2D eigenvalue weighted by Crippen LogP contribution is 2.27. The van der Waals surface area contributed by atoms with Gasteiger partial charge in [0.05, 0.1) is 17.2 Å². The van der Waals surface area contributed by atoms with Crippen LogP contribution in [0.4, 0.5) is 5.69 Å². The number of halogens is 2. The molecule has 1 fully saturated rings. The number of anilines is 1. The highest BCUT2D eigenvalue weighted by molar-refractivity contribution is 6.36. The first-order valence-corrected chi connectivity index (χ1v) is 9.26. The number of nitrogens with one attached hydrogen (secondary N) is 1. The summed E-state index contributed by atoms with van der Waals surface area (Å²) in [5.41, 5.74) is 6.21. The van der Waals surface area contributed by atoms with Crippen molar-refractivity contribution in [2.45, 2.75) is 20.3 Å². The first kappa shape index (κ1) is 19.4. The maximum atomic E-state index is 12.4. The average molecular weight is 404 g/mol. The van der Waals surface area contributed by atoms with Crippen molar-refractivity contribution >= 4 is 46.9 Å². The molecular weight excluding hydrogens is 385 g/mol. The summed E-state index contributed by atoms with van der Waals surface area (Å²) in [7, 11) is 0. The smallest absolute Gasteiger partial charge is 0.245 e. The second-order valence-electron chi connectivity index (χ2n) is 6.57. The number of carbonyl (C=O) groups is 2. The molecule has 1 aliphatic heterocycles. The number of hydrazone groups is 1. The van der Waals surface area contributed by atoms with E-state index in [0.717, 1.165) is 16.8 Å². The summed E-state index contributed by atoms with van der Waals surface area (Å²) in [6.45, 7) is 4.36. The van der Waals surface area contributed by atoms with E-state index in [1.807, 2.05) is 32.0 Å². The number of hydrogen-bond donors (Lipinski definition) is 1. The Morgan fingerprint density at radius 3 is 2.67 bits per heavy atom. The van der Waals surface area contributed by atoms with E-state index in [-0.39, 0.29) is 18.2 Å². The van der Waals surface area contributed by atoms with Crippen molar-refractivity contribution in [1.82, 2.24) is 5.43 Å². The van der Waals surface area contributed by atoms with Crippen molar-refractivity contribution in [2.75, 3.05) is 11.4 Å². The number of hydrogen-bond acceptors (Lipinski definition) is 3. The minimum Gasteiger partial charge on any atom is -0.312 e. The van der Waals surface area contributed by atoms with Crippen LogP contribution in [0.5, 0.6) is 0 Å². The summed E-state index contributed by atoms with van der Waals surface area (Å²) in [4.78, 5) is 26.3. The number of nitrogens with zero attached hydrogens (tertiary/aromatic N) is 2. The zero-order chi connectivity index (χ0) is 19.6. The predicted molar refractivity (Wildman–Crippen MR) is 109 cm³/mol. The molecule has 27 heavy (non-hydrogen) atoms. The topological polar surface area (TPSA) is 61.8 Å². The van der Waals surface area contributed by atoms with Gasteiger partial charge in [0, 0.05) is 29.2 Å². The van der Waals surface area contributed by atoms with Gasteiger partial charge >= 0.3 is 0 Å². The van der Waals surface area contributed by atoms with Gasteiger partial charge in [-0.2, -0.15) is 5.10 Å². The maximum Gasteiger partial charge on any atom is 0.245 e. The Bertz CT molecular complexity index is 927. The molecule has 2 aromatic rings. The number of amides is 2. The van der Waals surface area contributed by atoms with E-state index in [4.69, 9.17) is 23.2 Å². The zero-order valence-corrected chi connectivity index (χ0v) is 16.5. The fourth-order valence-electron chi connectivity index (χ4n) is 2.89. The second kappa shape index (κ2) is 8.11. The van der Waals surface area contributed by atoms with E-state index in [1.165, 1.54) is 6.21 Å². The minimum atomic E-state index is -0.447. The van der Waals surface area contributed by atoms with Crippen molar-refractivity contribution in [2.24, 2.45) is 11.0 Å². The molecule has 2 aromatic carbocycles. The van der Waals surface area contributed by atoms with Crippen molar-refractivity contribution in [3.05, 3.63) is 63.1 Å². The number of benzene rings is 2. The van der Waals surface area contributed by atoms with Crippen LogP contribution in [0.3, 0.4) is 0 Å². The van der Waals surface area contributed by atoms with Gasteiger partial charge < -0.3 is 4.90 Å². The van der Waals surface area contributed by atoms with Crippen LogP contribution in [0.25, 0.3) is 0 Å². The van der Waals surface area contributed by atoms with Crippen molar-refractivity contribution in [3.63, 3.8) is 0 Å². The molecule has 3 rings (SSSR count). The first-order valence-electron chi connectivity index (χ1n) is 8.50. The molecule has 0 bridgehead atoms. The molecule has 1 aliphatic rings. The fourth-order valence-corrected chi connectivity index (χ4v) is 3.35. The molecule has 1 atom stereocenters. The summed E-state index contributed by atoms with van der Waals surface area (Å²) < 4.78 is 0. The Labute approximate surface area is 168 Å². The Morgan fingerprint density at radius 1 is 1.19 bits per heavy atom. The summed E-state index contributed by atoms with van der Waals surface area (Å²) in [5, 5.41) is 4.91. The molecule has 140 valence electrons. The van der Waals surface area contributed by atoms with Gasteiger partial charge in [0.1, 0.15) is 0 Å². The summed E-state index contributed by atoms with van der Waals surface area (Å²) in [5.74, 6) is -0.809. The van der Waals surface area contributed by atoms with Crippen LogP contribution in [0.1, 0.15) is 23.1 Å². The molecule has 2 amide bonds. The lowest BCUT2D eigenvalue weighted by Crippen LogP contribution is -2.30. The van der Waals surface area contributed by atoms with Gasteiger partial charge in [-0.1, -0.05) is 35.3 Å². The summed E-state index contributed by atoms with van der Waals surface area (Å²) >= 11 is 11.9. The van der Waals surface area contributed by atoms with Crippen molar-refractivity contribution in [1.29, 1.82) is 0 Å². The van der Waals surface area contributed by atoms with Crippen LogP contribution in [0.15, 0.2) is 41.5 Å². The van der Waals surface area contributed by atoms with Crippen LogP contribution in [-0.2, 0) is 9.59 Å². The quantitative estimate of drug-likeness (QED) is 0.616. The van der Waals surface area contributed by atoms with E-state index in [1.54, 1.807) is 23.1 Å². The predicted octanol–water partition coefficient (Wildman–Crippen LogP) is 4.11. The Morgan fingerprint density at radius 2 is 1.96 bits per heavy atom. The molecule has 1 saturated heterocycles. The molecule has 5 nitrogen and oxygen atoms in total. The second-order valence-corrected chi connectivity index (χ2v) is 7.42. The molecular formula is C20H19Cl2N3O2. The normalized spacial score (nSPS) is 17.0. The van der Waals surface area contributed by atoms with Gasteiger partial charge in [0.25, 0.3) is 0 Å². The van der Waals surface area contributed by atoms with Crippen LogP contribution in [-0.4, -0.2) is 24.6 Å². The molecule has 1 N–H and O–H groups in total. The average Bonchev–Trinajstić information content (AvgIpc) is 3.01.